The van der Waals surface area contributed by atoms with Crippen LogP contribution in [0.25, 0.3) is 0 Å². The lowest BCUT2D eigenvalue weighted by atomic mass is 10.1. The predicted octanol–water partition coefficient (Wildman–Crippen LogP) is 2.57. The van der Waals surface area contributed by atoms with Crippen LogP contribution < -0.4 is 5.56 Å². The number of hydrogen-bond acceptors (Lipinski definition) is 1. The molecular weight excluding hydrogens is 254 g/mol. The van der Waals surface area contributed by atoms with Crippen molar-refractivity contribution in [1.29, 1.82) is 0 Å². The first-order valence-corrected chi connectivity index (χ1v) is 6.75. The maximum absolute atomic E-state index is 12.2. The van der Waals surface area contributed by atoms with Gasteiger partial charge in [0.15, 0.2) is 0 Å². The van der Waals surface area contributed by atoms with Crippen LogP contribution in [0, 0.1) is 0 Å². The third-order valence-corrected chi connectivity index (χ3v) is 4.02. The molecule has 0 saturated heterocycles. The standard InChI is InChI=1S/C12H14BrNO/c13-7-9-6-8-2-1-3-11(8)14(12(9)15)10-4-5-10/h6,10H,1-5,7H2. The zero-order chi connectivity index (χ0) is 10.4. The third-order valence-electron chi connectivity index (χ3n) is 3.42. The number of fused-ring (bicyclic) bond motifs is 1. The molecule has 0 spiro atoms. The third kappa shape index (κ3) is 1.48. The fourth-order valence-electron chi connectivity index (χ4n) is 2.55. The predicted molar refractivity (Wildman–Crippen MR) is 63.6 cm³/mol. The van der Waals surface area contributed by atoms with E-state index in [2.05, 4.69) is 26.6 Å². The summed E-state index contributed by atoms with van der Waals surface area (Å²) in [5, 5.41) is 0.686. The molecule has 1 fully saturated rings. The van der Waals surface area contributed by atoms with Gasteiger partial charge in [-0.3, -0.25) is 4.79 Å². The van der Waals surface area contributed by atoms with Crippen molar-refractivity contribution in [3.05, 3.63) is 33.2 Å². The average molecular weight is 268 g/mol. The van der Waals surface area contributed by atoms with E-state index in [0.29, 0.717) is 11.4 Å². The number of nitrogens with zero attached hydrogens (tertiary/aromatic N) is 1. The van der Waals surface area contributed by atoms with Crippen LogP contribution in [0.2, 0.25) is 0 Å². The lowest BCUT2D eigenvalue weighted by Gasteiger charge is -2.12. The molecular formula is C12H14BrNO. The highest BCUT2D eigenvalue weighted by Crippen LogP contribution is 2.37. The molecule has 0 unspecified atom stereocenters. The maximum Gasteiger partial charge on any atom is 0.255 e. The van der Waals surface area contributed by atoms with Gasteiger partial charge in [-0.15, -0.1) is 0 Å². The van der Waals surface area contributed by atoms with Crippen LogP contribution in [0.4, 0.5) is 0 Å². The van der Waals surface area contributed by atoms with Crippen molar-refractivity contribution in [2.45, 2.75) is 43.5 Å². The van der Waals surface area contributed by atoms with E-state index < -0.39 is 0 Å². The lowest BCUT2D eigenvalue weighted by Crippen LogP contribution is -2.25. The van der Waals surface area contributed by atoms with Gasteiger partial charge in [0, 0.05) is 22.6 Å². The van der Waals surface area contributed by atoms with Gasteiger partial charge < -0.3 is 4.57 Å². The van der Waals surface area contributed by atoms with Crippen LogP contribution in [0.15, 0.2) is 10.9 Å². The Morgan fingerprint density at radius 3 is 2.87 bits per heavy atom. The van der Waals surface area contributed by atoms with Crippen molar-refractivity contribution in [3.8, 4) is 0 Å². The Morgan fingerprint density at radius 2 is 2.20 bits per heavy atom. The van der Waals surface area contributed by atoms with Crippen LogP contribution in [0.5, 0.6) is 0 Å². The smallest absolute Gasteiger partial charge is 0.255 e. The van der Waals surface area contributed by atoms with Crippen LogP contribution in [0.3, 0.4) is 0 Å². The molecule has 3 heteroatoms. The van der Waals surface area contributed by atoms with Gasteiger partial charge in [-0.05, 0) is 43.7 Å². The van der Waals surface area contributed by atoms with E-state index in [1.54, 1.807) is 0 Å². The van der Waals surface area contributed by atoms with Crippen LogP contribution in [-0.4, -0.2) is 4.57 Å². The summed E-state index contributed by atoms with van der Waals surface area (Å²) in [6, 6.07) is 2.63. The van der Waals surface area contributed by atoms with Crippen LogP contribution >= 0.6 is 15.9 Å². The molecule has 1 aromatic rings. The van der Waals surface area contributed by atoms with Gasteiger partial charge in [-0.2, -0.15) is 0 Å². The van der Waals surface area contributed by atoms with E-state index in [1.807, 2.05) is 0 Å². The number of rotatable bonds is 2. The van der Waals surface area contributed by atoms with Gasteiger partial charge in [0.1, 0.15) is 0 Å². The molecule has 0 N–H and O–H groups in total. The summed E-state index contributed by atoms with van der Waals surface area (Å²) in [6.45, 7) is 0. The van der Waals surface area contributed by atoms with Crippen molar-refractivity contribution in [3.63, 3.8) is 0 Å². The molecule has 2 aliphatic carbocycles. The van der Waals surface area contributed by atoms with E-state index in [-0.39, 0.29) is 5.56 Å². The molecule has 2 aliphatic rings. The Hall–Kier alpha value is -0.570. The Labute approximate surface area is 97.4 Å². The molecule has 2 nitrogen and oxygen atoms in total. The van der Waals surface area contributed by atoms with Crippen molar-refractivity contribution >= 4 is 15.9 Å². The normalized spacial score (nSPS) is 19.3. The van der Waals surface area contributed by atoms with E-state index in [1.165, 1.54) is 30.5 Å². The summed E-state index contributed by atoms with van der Waals surface area (Å²) in [6.07, 6.45) is 5.86. The van der Waals surface area contributed by atoms with Crippen molar-refractivity contribution in [2.24, 2.45) is 0 Å². The number of hydrogen-bond donors (Lipinski definition) is 0. The molecule has 15 heavy (non-hydrogen) atoms. The Bertz CT molecular complexity index is 459. The number of alkyl halides is 1. The Balaban J connectivity index is 2.24. The first-order valence-electron chi connectivity index (χ1n) is 5.63. The van der Waals surface area contributed by atoms with Crippen molar-refractivity contribution in [2.75, 3.05) is 0 Å². The summed E-state index contributed by atoms with van der Waals surface area (Å²) in [7, 11) is 0. The molecule has 0 radical (unpaired) electrons. The number of aromatic nitrogens is 1. The molecule has 0 atom stereocenters. The minimum atomic E-state index is 0.245. The first kappa shape index (κ1) is 9.64. The highest BCUT2D eigenvalue weighted by Gasteiger charge is 2.30. The van der Waals surface area contributed by atoms with Gasteiger partial charge in [0.2, 0.25) is 0 Å². The monoisotopic (exact) mass is 267 g/mol. The SMILES string of the molecule is O=c1c(CBr)cc2c(n1C1CC1)CCC2. The molecule has 80 valence electrons. The van der Waals surface area contributed by atoms with E-state index in [0.717, 1.165) is 18.4 Å². The molecule has 3 rings (SSSR count). The second kappa shape index (κ2) is 3.48. The molecule has 0 aromatic carbocycles. The van der Waals surface area contributed by atoms with Crippen molar-refractivity contribution in [1.82, 2.24) is 4.57 Å². The van der Waals surface area contributed by atoms with Gasteiger partial charge in [-0.25, -0.2) is 0 Å². The molecule has 1 saturated carbocycles. The van der Waals surface area contributed by atoms with E-state index in [9.17, 15) is 4.79 Å². The molecule has 1 aromatic heterocycles. The molecule has 0 aliphatic heterocycles. The Morgan fingerprint density at radius 1 is 1.40 bits per heavy atom. The second-order valence-corrected chi connectivity index (χ2v) is 5.10. The van der Waals surface area contributed by atoms with Gasteiger partial charge in [0.05, 0.1) is 0 Å². The van der Waals surface area contributed by atoms with Crippen LogP contribution in [-0.2, 0) is 18.2 Å². The summed E-state index contributed by atoms with van der Waals surface area (Å²) >= 11 is 3.41. The largest absolute Gasteiger partial charge is 0.309 e. The van der Waals surface area contributed by atoms with E-state index >= 15 is 0 Å². The molecule has 0 amide bonds. The minimum Gasteiger partial charge on any atom is -0.309 e. The summed E-state index contributed by atoms with van der Waals surface area (Å²) in [5.41, 5.74) is 3.92. The number of pyridine rings is 1. The quantitative estimate of drug-likeness (QED) is 0.755. The summed E-state index contributed by atoms with van der Waals surface area (Å²) in [4.78, 5) is 12.2. The van der Waals surface area contributed by atoms with Gasteiger partial charge in [0.25, 0.3) is 5.56 Å². The second-order valence-electron chi connectivity index (χ2n) is 4.54. The van der Waals surface area contributed by atoms with E-state index in [4.69, 9.17) is 0 Å². The number of halogens is 1. The van der Waals surface area contributed by atoms with Crippen LogP contribution in [0.1, 0.15) is 42.1 Å². The topological polar surface area (TPSA) is 22.0 Å². The van der Waals surface area contributed by atoms with Gasteiger partial charge >= 0.3 is 0 Å². The average Bonchev–Trinajstić information content (AvgIpc) is 2.95. The first-order chi connectivity index (χ1) is 7.31. The highest BCUT2D eigenvalue weighted by molar-refractivity contribution is 9.08. The maximum atomic E-state index is 12.2. The van der Waals surface area contributed by atoms with Gasteiger partial charge in [-0.1, -0.05) is 15.9 Å². The zero-order valence-corrected chi connectivity index (χ0v) is 10.2. The fraction of sp³-hybridized carbons (Fsp3) is 0.583. The molecule has 0 bridgehead atoms. The Kier molecular flexibility index (Phi) is 2.23. The summed E-state index contributed by atoms with van der Waals surface area (Å²) in [5.74, 6) is 0. The lowest BCUT2D eigenvalue weighted by molar-refractivity contribution is 0.659. The summed E-state index contributed by atoms with van der Waals surface area (Å²) < 4.78 is 2.08. The van der Waals surface area contributed by atoms with Crippen molar-refractivity contribution < 1.29 is 0 Å². The molecule has 1 heterocycles. The zero-order valence-electron chi connectivity index (χ0n) is 8.63. The number of aryl methyl sites for hydroxylation is 1. The highest BCUT2D eigenvalue weighted by atomic mass is 79.9. The minimum absolute atomic E-state index is 0.245. The fourth-order valence-corrected chi connectivity index (χ4v) is 2.95.